The number of nitrogens with zero attached hydrogens (tertiary/aromatic N) is 2. The fraction of sp³-hybridized carbons (Fsp3) is 0.0909. The number of halogens is 1. The van der Waals surface area contributed by atoms with Crippen LogP contribution in [-0.2, 0) is 0 Å². The standard InChI is InChI=1S/C22H18BrN3O/c1-14-8-9-15-10-11-18(22(27)21(15)25-14)20(16-5-4-6-17(23)13-16)26-19-7-2-3-12-24-19/h2-13,20,27H,1H3,(H,24,26)/t20-/m1/s1. The summed E-state index contributed by atoms with van der Waals surface area (Å²) >= 11 is 3.54. The Kier molecular flexibility index (Phi) is 4.77. The fourth-order valence-electron chi connectivity index (χ4n) is 3.14. The van der Waals surface area contributed by atoms with Gasteiger partial charge in [0.25, 0.3) is 0 Å². The summed E-state index contributed by atoms with van der Waals surface area (Å²) < 4.78 is 0.974. The summed E-state index contributed by atoms with van der Waals surface area (Å²) in [6.07, 6.45) is 1.74. The van der Waals surface area contributed by atoms with Crippen molar-refractivity contribution in [2.75, 3.05) is 5.32 Å². The summed E-state index contributed by atoms with van der Waals surface area (Å²) in [7, 11) is 0. The van der Waals surface area contributed by atoms with Gasteiger partial charge < -0.3 is 10.4 Å². The molecule has 2 N–H and O–H groups in total. The topological polar surface area (TPSA) is 58.0 Å². The second-order valence-electron chi connectivity index (χ2n) is 6.38. The van der Waals surface area contributed by atoms with Gasteiger partial charge in [0.1, 0.15) is 17.1 Å². The highest BCUT2D eigenvalue weighted by molar-refractivity contribution is 9.10. The summed E-state index contributed by atoms with van der Waals surface area (Å²) in [4.78, 5) is 8.91. The first-order valence-electron chi connectivity index (χ1n) is 8.64. The van der Waals surface area contributed by atoms with Gasteiger partial charge in [0.2, 0.25) is 0 Å². The van der Waals surface area contributed by atoms with Crippen molar-refractivity contribution < 1.29 is 5.11 Å². The van der Waals surface area contributed by atoms with Crippen molar-refractivity contribution in [2.45, 2.75) is 13.0 Å². The zero-order valence-corrected chi connectivity index (χ0v) is 16.3. The molecule has 0 aliphatic carbocycles. The number of aromatic hydroxyl groups is 1. The molecule has 0 spiro atoms. The predicted octanol–water partition coefficient (Wildman–Crippen LogP) is 5.61. The van der Waals surface area contributed by atoms with Crippen molar-refractivity contribution in [1.29, 1.82) is 0 Å². The van der Waals surface area contributed by atoms with Crippen molar-refractivity contribution >= 4 is 32.7 Å². The van der Waals surface area contributed by atoms with E-state index < -0.39 is 0 Å². The molecule has 0 fully saturated rings. The highest BCUT2D eigenvalue weighted by Crippen LogP contribution is 2.37. The summed E-state index contributed by atoms with van der Waals surface area (Å²) in [5.41, 5.74) is 3.24. The molecule has 0 aliphatic heterocycles. The number of fused-ring (bicyclic) bond motifs is 1. The van der Waals surface area contributed by atoms with Crippen LogP contribution >= 0.6 is 15.9 Å². The smallest absolute Gasteiger partial charge is 0.147 e. The molecule has 0 bridgehead atoms. The summed E-state index contributed by atoms with van der Waals surface area (Å²) in [6.45, 7) is 1.92. The van der Waals surface area contributed by atoms with Gasteiger partial charge in [-0.2, -0.15) is 0 Å². The molecule has 1 atom stereocenters. The van der Waals surface area contributed by atoms with E-state index in [1.165, 1.54) is 0 Å². The van der Waals surface area contributed by atoms with E-state index in [4.69, 9.17) is 0 Å². The Morgan fingerprint density at radius 2 is 1.85 bits per heavy atom. The molecule has 4 rings (SSSR count). The van der Waals surface area contributed by atoms with Gasteiger partial charge in [-0.25, -0.2) is 9.97 Å². The van der Waals surface area contributed by atoms with Crippen LogP contribution in [0.1, 0.15) is 22.9 Å². The average molecular weight is 420 g/mol. The van der Waals surface area contributed by atoms with E-state index in [0.29, 0.717) is 5.52 Å². The van der Waals surface area contributed by atoms with Crippen LogP contribution in [0.5, 0.6) is 5.75 Å². The molecule has 2 aromatic heterocycles. The fourth-order valence-corrected chi connectivity index (χ4v) is 3.56. The highest BCUT2D eigenvalue weighted by atomic mass is 79.9. The second kappa shape index (κ2) is 7.37. The van der Waals surface area contributed by atoms with E-state index in [0.717, 1.165) is 32.5 Å². The van der Waals surface area contributed by atoms with E-state index in [1.54, 1.807) is 6.20 Å². The quantitative estimate of drug-likeness (QED) is 0.451. The third-order valence-corrected chi connectivity index (χ3v) is 4.95. The Labute approximate surface area is 166 Å². The molecular weight excluding hydrogens is 402 g/mol. The monoisotopic (exact) mass is 419 g/mol. The van der Waals surface area contributed by atoms with Crippen LogP contribution < -0.4 is 5.32 Å². The minimum absolute atomic E-state index is 0.185. The van der Waals surface area contributed by atoms with Crippen molar-refractivity contribution in [1.82, 2.24) is 9.97 Å². The third-order valence-electron chi connectivity index (χ3n) is 4.46. The predicted molar refractivity (Wildman–Crippen MR) is 112 cm³/mol. The van der Waals surface area contributed by atoms with Crippen LogP contribution in [0.3, 0.4) is 0 Å². The molecule has 27 heavy (non-hydrogen) atoms. The van der Waals surface area contributed by atoms with E-state index in [1.807, 2.05) is 73.7 Å². The number of phenols is 1. The average Bonchev–Trinajstić information content (AvgIpc) is 2.68. The van der Waals surface area contributed by atoms with Gasteiger partial charge in [-0.3, -0.25) is 0 Å². The molecule has 0 amide bonds. The number of rotatable bonds is 4. The molecule has 0 saturated carbocycles. The Bertz CT molecular complexity index is 1100. The minimum atomic E-state index is -0.274. The number of pyridine rings is 2. The molecule has 134 valence electrons. The van der Waals surface area contributed by atoms with Crippen LogP contribution in [0.2, 0.25) is 0 Å². The summed E-state index contributed by atoms with van der Waals surface area (Å²) in [6, 6.07) is 21.3. The van der Waals surface area contributed by atoms with Crippen LogP contribution in [0.25, 0.3) is 10.9 Å². The maximum Gasteiger partial charge on any atom is 0.147 e. The molecule has 2 aromatic carbocycles. The zero-order valence-electron chi connectivity index (χ0n) is 14.7. The van der Waals surface area contributed by atoms with Crippen LogP contribution in [-0.4, -0.2) is 15.1 Å². The number of nitrogens with one attached hydrogen (secondary N) is 1. The molecular formula is C22H18BrN3O. The highest BCUT2D eigenvalue weighted by Gasteiger charge is 2.20. The Morgan fingerprint density at radius 3 is 2.63 bits per heavy atom. The number of phenolic OH excluding ortho intramolecular Hbond substituents is 1. The van der Waals surface area contributed by atoms with Crippen molar-refractivity contribution in [3.63, 3.8) is 0 Å². The SMILES string of the molecule is Cc1ccc2ccc([C@H](Nc3ccccn3)c3cccc(Br)c3)c(O)c2n1. The van der Waals surface area contributed by atoms with E-state index in [9.17, 15) is 5.11 Å². The van der Waals surface area contributed by atoms with Gasteiger partial charge in [-0.15, -0.1) is 0 Å². The Hall–Kier alpha value is -2.92. The summed E-state index contributed by atoms with van der Waals surface area (Å²) in [5, 5.41) is 15.4. The minimum Gasteiger partial charge on any atom is -0.505 e. The Morgan fingerprint density at radius 1 is 1.00 bits per heavy atom. The van der Waals surface area contributed by atoms with Gasteiger partial charge >= 0.3 is 0 Å². The normalized spacial score (nSPS) is 12.1. The van der Waals surface area contributed by atoms with Gasteiger partial charge in [-0.1, -0.05) is 52.3 Å². The van der Waals surface area contributed by atoms with Crippen molar-refractivity contribution in [3.05, 3.63) is 94.2 Å². The van der Waals surface area contributed by atoms with Crippen LogP contribution in [0.15, 0.2) is 77.4 Å². The molecule has 4 nitrogen and oxygen atoms in total. The first kappa shape index (κ1) is 17.5. The van der Waals surface area contributed by atoms with Gasteiger partial charge in [0, 0.05) is 27.3 Å². The lowest BCUT2D eigenvalue weighted by Crippen LogP contribution is -2.13. The van der Waals surface area contributed by atoms with Gasteiger partial charge in [0.15, 0.2) is 0 Å². The van der Waals surface area contributed by atoms with E-state index in [-0.39, 0.29) is 11.8 Å². The largest absolute Gasteiger partial charge is 0.505 e. The van der Waals surface area contributed by atoms with Crippen molar-refractivity contribution in [3.8, 4) is 5.75 Å². The first-order valence-corrected chi connectivity index (χ1v) is 9.43. The zero-order chi connectivity index (χ0) is 18.8. The molecule has 0 unspecified atom stereocenters. The molecule has 4 aromatic rings. The maximum atomic E-state index is 11.0. The molecule has 2 heterocycles. The lowest BCUT2D eigenvalue weighted by atomic mass is 9.96. The van der Waals surface area contributed by atoms with E-state index >= 15 is 0 Å². The Balaban J connectivity index is 1.87. The number of hydrogen-bond donors (Lipinski definition) is 2. The first-order chi connectivity index (χ1) is 13.1. The number of benzene rings is 2. The van der Waals surface area contributed by atoms with E-state index in [2.05, 4.69) is 31.2 Å². The molecule has 0 saturated heterocycles. The number of hydrogen-bond acceptors (Lipinski definition) is 4. The summed E-state index contributed by atoms with van der Waals surface area (Å²) in [5.74, 6) is 0.920. The molecule has 0 aliphatic rings. The number of aryl methyl sites for hydroxylation is 1. The molecule has 5 heteroatoms. The lowest BCUT2D eigenvalue weighted by molar-refractivity contribution is 0.471. The van der Waals surface area contributed by atoms with Crippen LogP contribution in [0, 0.1) is 6.92 Å². The third kappa shape index (κ3) is 3.64. The van der Waals surface area contributed by atoms with Crippen LogP contribution in [0.4, 0.5) is 5.82 Å². The van der Waals surface area contributed by atoms with Gasteiger partial charge in [-0.05, 0) is 42.8 Å². The van der Waals surface area contributed by atoms with Gasteiger partial charge in [0.05, 0.1) is 6.04 Å². The maximum absolute atomic E-state index is 11.0. The number of anilines is 1. The molecule has 0 radical (unpaired) electrons. The number of aromatic nitrogens is 2. The lowest BCUT2D eigenvalue weighted by Gasteiger charge is -2.22. The second-order valence-corrected chi connectivity index (χ2v) is 7.29. The van der Waals surface area contributed by atoms with Crippen molar-refractivity contribution in [2.24, 2.45) is 0 Å².